The summed E-state index contributed by atoms with van der Waals surface area (Å²) in [6.45, 7) is 3.21. The number of hydrogen-bond acceptors (Lipinski definition) is 4. The lowest BCUT2D eigenvalue weighted by Gasteiger charge is -2.39. The molecule has 3 rings (SSSR count). The molecular weight excluding hydrogens is 329 g/mol. The van der Waals surface area contributed by atoms with Gasteiger partial charge in [0.1, 0.15) is 11.6 Å². The summed E-state index contributed by atoms with van der Waals surface area (Å²) < 4.78 is 19.0. The first kappa shape index (κ1) is 16.6. The Kier molecular flexibility index (Phi) is 3.75. The summed E-state index contributed by atoms with van der Waals surface area (Å²) in [5.74, 6) is -0.491. The highest BCUT2D eigenvalue weighted by Gasteiger charge is 2.42. The van der Waals surface area contributed by atoms with E-state index in [1.807, 2.05) is 0 Å². The number of carbonyl (C=O) groups is 2. The average Bonchev–Trinajstić information content (AvgIpc) is 2.51. The molecule has 0 unspecified atom stereocenters. The first-order valence-electron chi connectivity index (χ1n) is 7.41. The molecule has 7 nitrogen and oxygen atoms in total. The van der Waals surface area contributed by atoms with Crippen LogP contribution < -0.4 is 20.7 Å². The number of nitrogens with two attached hydrogens (primary N) is 1. The fourth-order valence-electron chi connectivity index (χ4n) is 2.61. The Labute approximate surface area is 142 Å². The van der Waals surface area contributed by atoms with E-state index < -0.39 is 17.5 Å². The van der Waals surface area contributed by atoms with E-state index in [1.165, 1.54) is 41.3 Å². The van der Waals surface area contributed by atoms with Gasteiger partial charge < -0.3 is 15.6 Å². The van der Waals surface area contributed by atoms with Crippen molar-refractivity contribution in [1.29, 1.82) is 0 Å². The zero-order valence-electron chi connectivity index (χ0n) is 13.5. The van der Waals surface area contributed by atoms with Crippen LogP contribution in [0, 0.1) is 5.82 Å². The molecule has 1 aliphatic heterocycles. The predicted octanol–water partition coefficient (Wildman–Crippen LogP) is 3.33. The van der Waals surface area contributed by atoms with E-state index >= 15 is 0 Å². The molecule has 8 heteroatoms. The van der Waals surface area contributed by atoms with Gasteiger partial charge in [-0.1, -0.05) is 0 Å². The zero-order valence-corrected chi connectivity index (χ0v) is 13.5. The maximum atomic E-state index is 13.2. The number of fused-ring (bicyclic) bond motifs is 1. The first-order chi connectivity index (χ1) is 11.7. The lowest BCUT2D eigenvalue weighted by molar-refractivity contribution is -0.131. The Bertz CT molecular complexity index is 865. The fourth-order valence-corrected chi connectivity index (χ4v) is 2.61. The Balaban J connectivity index is 2.19. The Hall–Kier alpha value is -3.29. The second kappa shape index (κ2) is 5.66. The second-order valence-corrected chi connectivity index (χ2v) is 6.07. The molecule has 0 saturated heterocycles. The third kappa shape index (κ3) is 2.93. The number of amides is 2. The summed E-state index contributed by atoms with van der Waals surface area (Å²) in [6.07, 6.45) is -1.29. The molecule has 2 amide bonds. The number of ether oxygens (including phenoxy) is 1. The van der Waals surface area contributed by atoms with Crippen LogP contribution in [0.1, 0.15) is 13.8 Å². The standard InChI is InChI=1S/C17H16FN3O4/c1-17(2)15(22)21(10-5-3-9(18)4-6-10)13-8-12(20-16(23)24)11(19)7-14(13)25-17/h3-8,20H,19H2,1-2H3,(H,23,24). The Morgan fingerprint density at radius 2 is 1.92 bits per heavy atom. The minimum Gasteiger partial charge on any atom is -0.476 e. The van der Waals surface area contributed by atoms with Crippen molar-refractivity contribution in [2.24, 2.45) is 0 Å². The van der Waals surface area contributed by atoms with Crippen molar-refractivity contribution in [1.82, 2.24) is 0 Å². The number of rotatable bonds is 2. The summed E-state index contributed by atoms with van der Waals surface area (Å²) in [4.78, 5) is 25.1. The monoisotopic (exact) mass is 345 g/mol. The largest absolute Gasteiger partial charge is 0.476 e. The summed E-state index contributed by atoms with van der Waals surface area (Å²) in [5.41, 5.74) is 5.71. The third-order valence-electron chi connectivity index (χ3n) is 3.78. The maximum Gasteiger partial charge on any atom is 0.409 e. The van der Waals surface area contributed by atoms with Crippen LogP contribution in [-0.4, -0.2) is 22.7 Å². The molecule has 0 atom stereocenters. The van der Waals surface area contributed by atoms with E-state index in [4.69, 9.17) is 15.6 Å². The molecule has 0 aliphatic carbocycles. The highest BCUT2D eigenvalue weighted by Crippen LogP contribution is 2.45. The first-order valence-corrected chi connectivity index (χ1v) is 7.41. The highest BCUT2D eigenvalue weighted by molar-refractivity contribution is 6.09. The van der Waals surface area contributed by atoms with Gasteiger partial charge in [0, 0.05) is 11.8 Å². The topological polar surface area (TPSA) is 105 Å². The van der Waals surface area contributed by atoms with Crippen LogP contribution in [0.2, 0.25) is 0 Å². The van der Waals surface area contributed by atoms with Crippen LogP contribution in [0.15, 0.2) is 36.4 Å². The predicted molar refractivity (Wildman–Crippen MR) is 90.8 cm³/mol. The van der Waals surface area contributed by atoms with E-state index in [0.717, 1.165) is 0 Å². The SMILES string of the molecule is CC1(C)Oc2cc(N)c(NC(=O)O)cc2N(c2ccc(F)cc2)C1=O. The molecule has 0 aromatic heterocycles. The van der Waals surface area contributed by atoms with Crippen LogP contribution in [0.5, 0.6) is 5.75 Å². The normalized spacial score (nSPS) is 15.3. The van der Waals surface area contributed by atoms with Gasteiger partial charge in [-0.3, -0.25) is 15.0 Å². The van der Waals surface area contributed by atoms with Crippen LogP contribution in [0.4, 0.5) is 31.9 Å². The van der Waals surface area contributed by atoms with Gasteiger partial charge >= 0.3 is 6.09 Å². The lowest BCUT2D eigenvalue weighted by Crippen LogP contribution is -2.50. The Morgan fingerprint density at radius 1 is 1.28 bits per heavy atom. The van der Waals surface area contributed by atoms with Gasteiger partial charge in [-0.15, -0.1) is 0 Å². The Morgan fingerprint density at radius 3 is 2.52 bits per heavy atom. The van der Waals surface area contributed by atoms with Crippen molar-refractivity contribution >= 4 is 34.7 Å². The molecule has 130 valence electrons. The van der Waals surface area contributed by atoms with Crippen molar-refractivity contribution in [2.75, 3.05) is 16.0 Å². The number of nitrogen functional groups attached to an aromatic ring is 1. The van der Waals surface area contributed by atoms with E-state index in [2.05, 4.69) is 5.32 Å². The fraction of sp³-hybridized carbons (Fsp3) is 0.176. The third-order valence-corrected chi connectivity index (χ3v) is 3.78. The quantitative estimate of drug-likeness (QED) is 0.724. The zero-order chi connectivity index (χ0) is 18.4. The summed E-state index contributed by atoms with van der Waals surface area (Å²) in [7, 11) is 0. The number of halogens is 1. The van der Waals surface area contributed by atoms with Gasteiger partial charge in [0.05, 0.1) is 17.1 Å². The molecule has 0 spiro atoms. The molecule has 0 fully saturated rings. The number of carboxylic acid groups (broad SMARTS) is 1. The smallest absolute Gasteiger partial charge is 0.409 e. The molecule has 0 bridgehead atoms. The summed E-state index contributed by atoms with van der Waals surface area (Å²) in [5, 5.41) is 11.1. The van der Waals surface area contributed by atoms with Crippen LogP contribution in [0.3, 0.4) is 0 Å². The number of anilines is 4. The van der Waals surface area contributed by atoms with Gasteiger partial charge in [-0.05, 0) is 44.2 Å². The van der Waals surface area contributed by atoms with Gasteiger partial charge in [-0.2, -0.15) is 0 Å². The van der Waals surface area contributed by atoms with Gasteiger partial charge in [0.2, 0.25) is 0 Å². The van der Waals surface area contributed by atoms with Crippen molar-refractivity contribution in [3.63, 3.8) is 0 Å². The number of nitrogens with one attached hydrogen (secondary N) is 1. The van der Waals surface area contributed by atoms with Crippen molar-refractivity contribution < 1.29 is 23.8 Å². The minimum atomic E-state index is -1.29. The molecule has 25 heavy (non-hydrogen) atoms. The maximum absolute atomic E-state index is 13.2. The lowest BCUT2D eigenvalue weighted by atomic mass is 10.0. The number of nitrogens with zero attached hydrogens (tertiary/aromatic N) is 1. The van der Waals surface area contributed by atoms with Gasteiger partial charge in [-0.25, -0.2) is 9.18 Å². The molecule has 4 N–H and O–H groups in total. The van der Waals surface area contributed by atoms with Crippen molar-refractivity contribution in [3.8, 4) is 5.75 Å². The van der Waals surface area contributed by atoms with Crippen molar-refractivity contribution in [2.45, 2.75) is 19.4 Å². The molecular formula is C17H16FN3O4. The molecule has 1 aliphatic rings. The number of benzene rings is 2. The van der Waals surface area contributed by atoms with Crippen LogP contribution >= 0.6 is 0 Å². The van der Waals surface area contributed by atoms with E-state index in [0.29, 0.717) is 17.1 Å². The van der Waals surface area contributed by atoms with E-state index in [9.17, 15) is 14.0 Å². The van der Waals surface area contributed by atoms with Gasteiger partial charge in [0.15, 0.2) is 5.60 Å². The summed E-state index contributed by atoms with van der Waals surface area (Å²) in [6, 6.07) is 8.25. The van der Waals surface area contributed by atoms with Crippen LogP contribution in [0.25, 0.3) is 0 Å². The molecule has 2 aromatic rings. The molecule has 2 aromatic carbocycles. The highest BCUT2D eigenvalue weighted by atomic mass is 19.1. The number of hydrogen-bond donors (Lipinski definition) is 3. The molecule has 0 saturated carbocycles. The van der Waals surface area contributed by atoms with E-state index in [1.54, 1.807) is 13.8 Å². The average molecular weight is 345 g/mol. The van der Waals surface area contributed by atoms with Crippen molar-refractivity contribution in [3.05, 3.63) is 42.2 Å². The minimum absolute atomic E-state index is 0.120. The van der Waals surface area contributed by atoms with E-state index in [-0.39, 0.29) is 17.3 Å². The molecule has 1 heterocycles. The number of carbonyl (C=O) groups excluding carboxylic acids is 1. The second-order valence-electron chi connectivity index (χ2n) is 6.07. The summed E-state index contributed by atoms with van der Waals surface area (Å²) >= 11 is 0. The van der Waals surface area contributed by atoms with Crippen LogP contribution in [-0.2, 0) is 4.79 Å². The van der Waals surface area contributed by atoms with Gasteiger partial charge in [0.25, 0.3) is 5.91 Å². The molecule has 0 radical (unpaired) electrons.